The first-order valence-corrected chi connectivity index (χ1v) is 11.2. The van der Waals surface area contributed by atoms with E-state index in [0.29, 0.717) is 24.5 Å². The Hall–Kier alpha value is -4.39. The highest BCUT2D eigenvalue weighted by Crippen LogP contribution is 2.37. The molecule has 7 heteroatoms. The summed E-state index contributed by atoms with van der Waals surface area (Å²) in [5.74, 6) is 0.234. The van der Waals surface area contributed by atoms with Gasteiger partial charge in [0.25, 0.3) is 5.91 Å². The number of carbonyl (C=O) groups excluding carboxylic acids is 2. The zero-order valence-corrected chi connectivity index (χ0v) is 18.6. The minimum atomic E-state index is -0.167. The molecular formula is C27H25N5O2. The van der Waals surface area contributed by atoms with Crippen LogP contribution in [0.3, 0.4) is 0 Å². The Labute approximate surface area is 197 Å². The van der Waals surface area contributed by atoms with E-state index < -0.39 is 0 Å². The van der Waals surface area contributed by atoms with Crippen LogP contribution in [0.25, 0.3) is 22.0 Å². The number of rotatable bonds is 5. The van der Waals surface area contributed by atoms with Crippen molar-refractivity contribution in [1.29, 1.82) is 0 Å². The Morgan fingerprint density at radius 2 is 1.85 bits per heavy atom. The molecule has 0 spiro atoms. The Bertz CT molecular complexity index is 1380. The van der Waals surface area contributed by atoms with Gasteiger partial charge in [0, 0.05) is 47.7 Å². The third-order valence-electron chi connectivity index (χ3n) is 6.31. The number of hydrogen-bond donors (Lipinski definition) is 2. The predicted molar refractivity (Wildman–Crippen MR) is 134 cm³/mol. The van der Waals surface area contributed by atoms with Gasteiger partial charge in [0.15, 0.2) is 0 Å². The van der Waals surface area contributed by atoms with Crippen LogP contribution >= 0.6 is 0 Å². The molecule has 7 nitrogen and oxygen atoms in total. The van der Waals surface area contributed by atoms with Crippen molar-refractivity contribution in [3.63, 3.8) is 0 Å². The number of fused-ring (bicyclic) bond motifs is 1. The van der Waals surface area contributed by atoms with Gasteiger partial charge in [-0.1, -0.05) is 36.9 Å². The van der Waals surface area contributed by atoms with E-state index in [0.717, 1.165) is 34.1 Å². The fraction of sp³-hybridized carbons (Fsp3) is 0.148. The van der Waals surface area contributed by atoms with Gasteiger partial charge >= 0.3 is 0 Å². The molecule has 34 heavy (non-hydrogen) atoms. The third-order valence-corrected chi connectivity index (χ3v) is 6.31. The number of pyridine rings is 1. The van der Waals surface area contributed by atoms with E-state index in [1.165, 1.54) is 6.08 Å². The fourth-order valence-corrected chi connectivity index (χ4v) is 4.58. The van der Waals surface area contributed by atoms with Crippen LogP contribution in [0, 0.1) is 0 Å². The Balaban J connectivity index is 1.46. The smallest absolute Gasteiger partial charge is 0.255 e. The normalized spacial score (nSPS) is 15.4. The summed E-state index contributed by atoms with van der Waals surface area (Å²) >= 11 is 0. The second-order valence-corrected chi connectivity index (χ2v) is 8.37. The molecule has 3 N–H and O–H groups in total. The number of nitrogens with two attached hydrogens (primary N) is 1. The van der Waals surface area contributed by atoms with Gasteiger partial charge in [0.2, 0.25) is 5.91 Å². The number of nitrogens with zero attached hydrogens (tertiary/aromatic N) is 3. The first kappa shape index (κ1) is 21.5. The van der Waals surface area contributed by atoms with Crippen molar-refractivity contribution in [1.82, 2.24) is 14.5 Å². The molecule has 0 radical (unpaired) electrons. The minimum absolute atomic E-state index is 0.0512. The fourth-order valence-electron chi connectivity index (χ4n) is 4.58. The number of amides is 2. The predicted octanol–water partition coefficient (Wildman–Crippen LogP) is 4.50. The van der Waals surface area contributed by atoms with Crippen molar-refractivity contribution in [2.75, 3.05) is 24.1 Å². The van der Waals surface area contributed by atoms with Crippen LogP contribution in [0.15, 0.2) is 85.7 Å². The molecule has 170 valence electrons. The van der Waals surface area contributed by atoms with Gasteiger partial charge in [-0.05, 0) is 48.4 Å². The van der Waals surface area contributed by atoms with Crippen LogP contribution in [-0.2, 0) is 4.79 Å². The highest BCUT2D eigenvalue weighted by atomic mass is 16.2. The number of carbonyl (C=O) groups is 2. The Morgan fingerprint density at radius 3 is 2.59 bits per heavy atom. The molecule has 5 rings (SSSR count). The van der Waals surface area contributed by atoms with Crippen molar-refractivity contribution in [3.8, 4) is 11.1 Å². The lowest BCUT2D eigenvalue weighted by Gasteiger charge is -2.16. The molecule has 1 unspecified atom stereocenters. The van der Waals surface area contributed by atoms with Crippen LogP contribution in [-0.4, -0.2) is 39.4 Å². The molecule has 1 saturated heterocycles. The first-order chi connectivity index (χ1) is 16.5. The molecule has 1 aliphatic heterocycles. The summed E-state index contributed by atoms with van der Waals surface area (Å²) in [6, 6.07) is 18.9. The molecule has 2 aromatic carbocycles. The lowest BCUT2D eigenvalue weighted by Crippen LogP contribution is -2.27. The molecule has 0 bridgehead atoms. The van der Waals surface area contributed by atoms with Gasteiger partial charge < -0.3 is 20.5 Å². The number of anilines is 2. The van der Waals surface area contributed by atoms with Crippen molar-refractivity contribution in [3.05, 3.63) is 91.3 Å². The zero-order valence-electron chi connectivity index (χ0n) is 18.6. The van der Waals surface area contributed by atoms with Crippen LogP contribution < -0.4 is 11.1 Å². The maximum absolute atomic E-state index is 12.6. The van der Waals surface area contributed by atoms with Gasteiger partial charge in [-0.2, -0.15) is 0 Å². The molecule has 0 saturated carbocycles. The van der Waals surface area contributed by atoms with Crippen LogP contribution in [0.2, 0.25) is 0 Å². The summed E-state index contributed by atoms with van der Waals surface area (Å²) in [6.45, 7) is 4.91. The average molecular weight is 452 g/mol. The van der Waals surface area contributed by atoms with E-state index in [1.807, 2.05) is 65.6 Å². The van der Waals surface area contributed by atoms with E-state index >= 15 is 0 Å². The van der Waals surface area contributed by atoms with Gasteiger partial charge in [-0.3, -0.25) is 9.59 Å². The lowest BCUT2D eigenvalue weighted by molar-refractivity contribution is -0.125. The van der Waals surface area contributed by atoms with E-state index in [4.69, 9.17) is 5.73 Å². The van der Waals surface area contributed by atoms with Crippen molar-refractivity contribution >= 4 is 34.2 Å². The summed E-state index contributed by atoms with van der Waals surface area (Å²) in [7, 11) is 0. The number of benzene rings is 2. The largest absolute Gasteiger partial charge is 0.383 e. The molecule has 2 amide bonds. The maximum Gasteiger partial charge on any atom is 0.255 e. The molecule has 2 aromatic heterocycles. The van der Waals surface area contributed by atoms with E-state index in [-0.39, 0.29) is 17.9 Å². The molecular weight excluding hydrogens is 426 g/mol. The van der Waals surface area contributed by atoms with Gasteiger partial charge in [0.1, 0.15) is 5.82 Å². The standard InChI is InChI=1S/C27H25N5O2/c1-2-24(33)31-15-13-21(16-31)32-17-22(25-23(32)12-14-29-26(25)28)18-8-10-19(11-9-18)27(34)30-20-6-4-3-5-7-20/h2-12,14,17,21H,1,13,15-16H2,(H2,28,29)(H,30,34). The number of aromatic nitrogens is 2. The molecule has 3 heterocycles. The number of nitrogen functional groups attached to an aromatic ring is 1. The highest BCUT2D eigenvalue weighted by Gasteiger charge is 2.28. The lowest BCUT2D eigenvalue weighted by atomic mass is 10.0. The number of likely N-dealkylation sites (tertiary alicyclic amines) is 1. The number of hydrogen-bond acceptors (Lipinski definition) is 4. The molecule has 4 aromatic rings. The van der Waals surface area contributed by atoms with Crippen molar-refractivity contribution in [2.45, 2.75) is 12.5 Å². The summed E-state index contributed by atoms with van der Waals surface area (Å²) in [5, 5.41) is 3.78. The topological polar surface area (TPSA) is 93.2 Å². The molecule has 1 fully saturated rings. The van der Waals surface area contributed by atoms with E-state index in [1.54, 1.807) is 6.20 Å². The summed E-state index contributed by atoms with van der Waals surface area (Å²) in [4.78, 5) is 30.8. The molecule has 1 atom stereocenters. The molecule has 1 aliphatic rings. The maximum atomic E-state index is 12.6. The van der Waals surface area contributed by atoms with E-state index in [9.17, 15) is 9.59 Å². The average Bonchev–Trinajstić information content (AvgIpc) is 3.50. The van der Waals surface area contributed by atoms with Crippen LogP contribution in [0.5, 0.6) is 0 Å². The second kappa shape index (κ2) is 8.86. The highest BCUT2D eigenvalue weighted by molar-refractivity contribution is 6.06. The second-order valence-electron chi connectivity index (χ2n) is 8.37. The zero-order chi connectivity index (χ0) is 23.7. The Morgan fingerprint density at radius 1 is 1.09 bits per heavy atom. The SMILES string of the molecule is C=CC(=O)N1CCC(n2cc(-c3ccc(C(=O)Nc4ccccc4)cc3)c3c(N)nccc32)C1. The third kappa shape index (κ3) is 3.92. The van der Waals surface area contributed by atoms with Crippen LogP contribution in [0.1, 0.15) is 22.8 Å². The van der Waals surface area contributed by atoms with Crippen molar-refractivity contribution < 1.29 is 9.59 Å². The van der Waals surface area contributed by atoms with Gasteiger partial charge in [-0.25, -0.2) is 4.98 Å². The Kier molecular flexibility index (Phi) is 5.59. The van der Waals surface area contributed by atoms with E-state index in [2.05, 4.69) is 27.6 Å². The minimum Gasteiger partial charge on any atom is -0.383 e. The van der Waals surface area contributed by atoms with Crippen molar-refractivity contribution in [2.24, 2.45) is 0 Å². The number of nitrogens with one attached hydrogen (secondary N) is 1. The van der Waals surface area contributed by atoms with Gasteiger partial charge in [0.05, 0.1) is 11.6 Å². The van der Waals surface area contributed by atoms with Gasteiger partial charge in [-0.15, -0.1) is 0 Å². The monoisotopic (exact) mass is 451 g/mol. The first-order valence-electron chi connectivity index (χ1n) is 11.2. The molecule has 0 aliphatic carbocycles. The van der Waals surface area contributed by atoms with Crippen LogP contribution in [0.4, 0.5) is 11.5 Å². The summed E-state index contributed by atoms with van der Waals surface area (Å²) < 4.78 is 2.19. The summed E-state index contributed by atoms with van der Waals surface area (Å²) in [6.07, 6.45) is 5.99. The summed E-state index contributed by atoms with van der Waals surface area (Å²) in [5.41, 5.74) is 10.5. The quantitative estimate of drug-likeness (QED) is 0.437. The number of para-hydroxylation sites is 1.